The summed E-state index contributed by atoms with van der Waals surface area (Å²) in [5.41, 5.74) is 5.95. The monoisotopic (exact) mass is 265 g/mol. The third-order valence-corrected chi connectivity index (χ3v) is 3.80. The lowest BCUT2D eigenvalue weighted by Gasteiger charge is -2.26. The second kappa shape index (κ2) is 5.80. The van der Waals surface area contributed by atoms with Crippen LogP contribution in [0.25, 0.3) is 0 Å². The molecule has 3 N–H and O–H groups in total. The van der Waals surface area contributed by atoms with Gasteiger partial charge in [0.2, 0.25) is 0 Å². The minimum Gasteiger partial charge on any atom is -0.493 e. The predicted octanol–water partition coefficient (Wildman–Crippen LogP) is 1.74. The van der Waals surface area contributed by atoms with Gasteiger partial charge in [0.1, 0.15) is 12.2 Å². The first kappa shape index (κ1) is 14.2. The molecule has 0 heterocycles. The molecule has 1 aliphatic rings. The molecule has 1 unspecified atom stereocenters. The second-order valence-corrected chi connectivity index (χ2v) is 5.21. The van der Waals surface area contributed by atoms with Gasteiger partial charge in [0, 0.05) is 6.54 Å². The number of methoxy groups -OCH3 is 1. The Kier molecular flexibility index (Phi) is 4.32. The summed E-state index contributed by atoms with van der Waals surface area (Å²) in [4.78, 5) is 0. The molecule has 4 heteroatoms. The number of hydrogen-bond donors (Lipinski definition) is 2. The molecular weight excluding hydrogens is 242 g/mol. The summed E-state index contributed by atoms with van der Waals surface area (Å²) in [6.07, 6.45) is 3.01. The normalized spacial score (nSPS) is 17.9. The van der Waals surface area contributed by atoms with E-state index in [0.717, 1.165) is 19.3 Å². The highest BCUT2D eigenvalue weighted by atomic mass is 16.5. The van der Waals surface area contributed by atoms with Crippen LogP contribution in [0, 0.1) is 5.92 Å². The first-order valence-corrected chi connectivity index (χ1v) is 6.85. The maximum Gasteiger partial charge on any atom is 0.161 e. The molecule has 1 saturated carbocycles. The van der Waals surface area contributed by atoms with Gasteiger partial charge in [-0.15, -0.1) is 0 Å². The van der Waals surface area contributed by atoms with E-state index in [1.54, 1.807) is 7.11 Å². The molecule has 0 aromatic heterocycles. The van der Waals surface area contributed by atoms with E-state index in [9.17, 15) is 5.11 Å². The lowest BCUT2D eigenvalue weighted by atomic mass is 9.99. The molecular formula is C15H23NO3. The Hall–Kier alpha value is -1.26. The van der Waals surface area contributed by atoms with Crippen molar-refractivity contribution in [1.29, 1.82) is 0 Å². The van der Waals surface area contributed by atoms with Gasteiger partial charge in [-0.05, 0) is 42.9 Å². The van der Waals surface area contributed by atoms with Crippen LogP contribution in [0.4, 0.5) is 0 Å². The van der Waals surface area contributed by atoms with Crippen molar-refractivity contribution < 1.29 is 14.6 Å². The van der Waals surface area contributed by atoms with Crippen molar-refractivity contribution in [2.24, 2.45) is 11.7 Å². The number of hydrogen-bond acceptors (Lipinski definition) is 4. The SMILES string of the molecule is CCc1ccc(OCC(O)(CN)C2CC2)c(OC)c1. The van der Waals surface area contributed by atoms with Crippen LogP contribution in [0.15, 0.2) is 18.2 Å². The van der Waals surface area contributed by atoms with Crippen LogP contribution in [0.5, 0.6) is 11.5 Å². The topological polar surface area (TPSA) is 64.7 Å². The summed E-state index contributed by atoms with van der Waals surface area (Å²) in [6, 6.07) is 5.87. The number of ether oxygens (including phenoxy) is 2. The van der Waals surface area contributed by atoms with Crippen LogP contribution < -0.4 is 15.2 Å². The quantitative estimate of drug-likeness (QED) is 0.788. The Morgan fingerprint density at radius 1 is 1.37 bits per heavy atom. The number of benzene rings is 1. The molecule has 19 heavy (non-hydrogen) atoms. The van der Waals surface area contributed by atoms with Crippen molar-refractivity contribution in [2.75, 3.05) is 20.3 Å². The zero-order valence-corrected chi connectivity index (χ0v) is 11.7. The van der Waals surface area contributed by atoms with Crippen LogP contribution in [0.3, 0.4) is 0 Å². The minimum absolute atomic E-state index is 0.218. The van der Waals surface area contributed by atoms with Crippen LogP contribution in [-0.4, -0.2) is 31.0 Å². The summed E-state index contributed by atoms with van der Waals surface area (Å²) in [5, 5.41) is 10.4. The Morgan fingerprint density at radius 3 is 2.63 bits per heavy atom. The van der Waals surface area contributed by atoms with E-state index in [2.05, 4.69) is 6.92 Å². The molecule has 0 spiro atoms. The average Bonchev–Trinajstić information content (AvgIpc) is 3.29. The fourth-order valence-corrected chi connectivity index (χ4v) is 2.22. The van der Waals surface area contributed by atoms with E-state index < -0.39 is 5.60 Å². The summed E-state index contributed by atoms with van der Waals surface area (Å²) in [5.74, 6) is 1.64. The van der Waals surface area contributed by atoms with Gasteiger partial charge in [-0.2, -0.15) is 0 Å². The van der Waals surface area contributed by atoms with Crippen molar-refractivity contribution in [3.8, 4) is 11.5 Å². The van der Waals surface area contributed by atoms with Crippen molar-refractivity contribution in [2.45, 2.75) is 31.8 Å². The lowest BCUT2D eigenvalue weighted by Crippen LogP contribution is -2.45. The highest BCUT2D eigenvalue weighted by molar-refractivity contribution is 5.43. The van der Waals surface area contributed by atoms with Crippen molar-refractivity contribution in [1.82, 2.24) is 0 Å². The van der Waals surface area contributed by atoms with Gasteiger partial charge < -0.3 is 20.3 Å². The van der Waals surface area contributed by atoms with E-state index in [0.29, 0.717) is 11.5 Å². The molecule has 0 saturated heterocycles. The van der Waals surface area contributed by atoms with Gasteiger partial charge in [0.15, 0.2) is 11.5 Å². The van der Waals surface area contributed by atoms with Crippen LogP contribution in [0.2, 0.25) is 0 Å². The predicted molar refractivity (Wildman–Crippen MR) is 74.6 cm³/mol. The Labute approximate surface area is 114 Å². The van der Waals surface area contributed by atoms with Crippen molar-refractivity contribution in [3.05, 3.63) is 23.8 Å². The van der Waals surface area contributed by atoms with Crippen LogP contribution in [0.1, 0.15) is 25.3 Å². The molecule has 1 aromatic carbocycles. The molecule has 1 atom stereocenters. The third-order valence-electron chi connectivity index (χ3n) is 3.80. The molecule has 106 valence electrons. The first-order chi connectivity index (χ1) is 9.12. The number of aliphatic hydroxyl groups is 1. The van der Waals surface area contributed by atoms with E-state index in [4.69, 9.17) is 15.2 Å². The van der Waals surface area contributed by atoms with Crippen LogP contribution >= 0.6 is 0 Å². The van der Waals surface area contributed by atoms with Gasteiger partial charge in [-0.25, -0.2) is 0 Å². The Bertz CT molecular complexity index is 431. The molecule has 4 nitrogen and oxygen atoms in total. The second-order valence-electron chi connectivity index (χ2n) is 5.21. The lowest BCUT2D eigenvalue weighted by molar-refractivity contribution is -0.0168. The summed E-state index contributed by atoms with van der Waals surface area (Å²) in [7, 11) is 1.62. The number of rotatable bonds is 7. The van der Waals surface area contributed by atoms with E-state index in [-0.39, 0.29) is 19.1 Å². The van der Waals surface area contributed by atoms with Gasteiger partial charge in [0.25, 0.3) is 0 Å². The minimum atomic E-state index is -0.908. The summed E-state index contributed by atoms with van der Waals surface area (Å²) in [6.45, 7) is 2.54. The highest BCUT2D eigenvalue weighted by Crippen LogP contribution is 2.40. The fourth-order valence-electron chi connectivity index (χ4n) is 2.22. The number of aryl methyl sites for hydroxylation is 1. The zero-order valence-electron chi connectivity index (χ0n) is 11.7. The van der Waals surface area contributed by atoms with Gasteiger partial charge >= 0.3 is 0 Å². The summed E-state index contributed by atoms with van der Waals surface area (Å²) >= 11 is 0. The maximum absolute atomic E-state index is 10.4. The zero-order chi connectivity index (χ0) is 13.9. The van der Waals surface area contributed by atoms with E-state index in [1.807, 2.05) is 18.2 Å². The van der Waals surface area contributed by atoms with Crippen LogP contribution in [-0.2, 0) is 6.42 Å². The average molecular weight is 265 g/mol. The van der Waals surface area contributed by atoms with Gasteiger partial charge in [-0.1, -0.05) is 13.0 Å². The smallest absolute Gasteiger partial charge is 0.161 e. The summed E-state index contributed by atoms with van der Waals surface area (Å²) < 4.78 is 11.1. The van der Waals surface area contributed by atoms with Crippen molar-refractivity contribution >= 4 is 0 Å². The molecule has 1 fully saturated rings. The standard InChI is InChI=1S/C15H23NO3/c1-3-11-4-7-13(14(8-11)18-2)19-10-15(17,9-16)12-5-6-12/h4,7-8,12,17H,3,5-6,9-10,16H2,1-2H3. The Morgan fingerprint density at radius 2 is 2.11 bits per heavy atom. The molecule has 1 aliphatic carbocycles. The molecule has 0 radical (unpaired) electrons. The molecule has 0 bridgehead atoms. The van der Waals surface area contributed by atoms with Crippen molar-refractivity contribution in [3.63, 3.8) is 0 Å². The molecule has 1 aromatic rings. The highest BCUT2D eigenvalue weighted by Gasteiger charge is 2.43. The molecule has 2 rings (SSSR count). The van der Waals surface area contributed by atoms with Gasteiger partial charge in [-0.3, -0.25) is 0 Å². The molecule has 0 aliphatic heterocycles. The first-order valence-electron chi connectivity index (χ1n) is 6.85. The maximum atomic E-state index is 10.4. The van der Waals surface area contributed by atoms with Gasteiger partial charge in [0.05, 0.1) is 7.11 Å². The fraction of sp³-hybridized carbons (Fsp3) is 0.600. The third kappa shape index (κ3) is 3.19. The van der Waals surface area contributed by atoms with E-state index >= 15 is 0 Å². The largest absolute Gasteiger partial charge is 0.493 e. The Balaban J connectivity index is 2.06. The van der Waals surface area contributed by atoms with E-state index in [1.165, 1.54) is 5.56 Å². The number of nitrogens with two attached hydrogens (primary N) is 1. The molecule has 0 amide bonds.